The number of amides is 1. The molecule has 1 amide bonds. The van der Waals surface area contributed by atoms with E-state index in [4.69, 9.17) is 4.74 Å². The largest absolute Gasteiger partial charge is 0.368 e. The average molecular weight is 285 g/mol. The van der Waals surface area contributed by atoms with Crippen LogP contribution in [0.2, 0.25) is 0 Å². The Balaban J connectivity index is 1.63. The van der Waals surface area contributed by atoms with Crippen LogP contribution in [-0.2, 0) is 22.6 Å². The molecule has 0 saturated carbocycles. The lowest BCUT2D eigenvalue weighted by molar-refractivity contribution is -0.130. The highest BCUT2D eigenvalue weighted by Gasteiger charge is 2.23. The third kappa shape index (κ3) is 3.49. The molecular weight excluding hydrogens is 266 g/mol. The van der Waals surface area contributed by atoms with Crippen LogP contribution in [0.1, 0.15) is 24.0 Å². The lowest BCUT2D eigenvalue weighted by Gasteiger charge is -2.13. The van der Waals surface area contributed by atoms with Crippen LogP contribution in [0.5, 0.6) is 0 Å². The monoisotopic (exact) mass is 285 g/mol. The number of aromatic nitrogens is 2. The van der Waals surface area contributed by atoms with Crippen molar-refractivity contribution in [3.05, 3.63) is 53.9 Å². The second-order valence-corrected chi connectivity index (χ2v) is 5.19. The summed E-state index contributed by atoms with van der Waals surface area (Å²) in [6.45, 7) is 1.92. The molecule has 21 heavy (non-hydrogen) atoms. The van der Waals surface area contributed by atoms with Gasteiger partial charge in [-0.15, -0.1) is 0 Å². The maximum absolute atomic E-state index is 12.0. The molecule has 0 aliphatic carbocycles. The van der Waals surface area contributed by atoms with Crippen molar-refractivity contribution in [1.82, 2.24) is 15.1 Å². The Morgan fingerprint density at radius 2 is 2.19 bits per heavy atom. The standard InChI is InChI=1S/C16H19N3O2/c20-16(15-7-3-10-21-15)17-11-13-5-1-2-6-14(13)12-19-9-4-8-18-19/h1-2,4-6,8-9,15H,3,7,10-12H2,(H,17,20)/t15-/m1/s1. The normalized spacial score (nSPS) is 17.8. The minimum absolute atomic E-state index is 0.0126. The predicted molar refractivity (Wildman–Crippen MR) is 78.6 cm³/mol. The Bertz CT molecular complexity index is 589. The first-order valence-electron chi connectivity index (χ1n) is 7.26. The number of ether oxygens (including phenoxy) is 1. The van der Waals surface area contributed by atoms with Gasteiger partial charge in [0.05, 0.1) is 6.54 Å². The molecule has 1 aliphatic heterocycles. The van der Waals surface area contributed by atoms with Crippen molar-refractivity contribution in [2.45, 2.75) is 32.0 Å². The number of hydrogen-bond acceptors (Lipinski definition) is 3. The maximum Gasteiger partial charge on any atom is 0.249 e. The van der Waals surface area contributed by atoms with Crippen molar-refractivity contribution in [3.63, 3.8) is 0 Å². The second-order valence-electron chi connectivity index (χ2n) is 5.19. The van der Waals surface area contributed by atoms with Gasteiger partial charge in [-0.3, -0.25) is 9.48 Å². The fraction of sp³-hybridized carbons (Fsp3) is 0.375. The number of hydrogen-bond donors (Lipinski definition) is 1. The first kappa shape index (κ1) is 13.8. The quantitative estimate of drug-likeness (QED) is 0.910. The number of carbonyl (C=O) groups excluding carboxylic acids is 1. The van der Waals surface area contributed by atoms with Gasteiger partial charge in [0.2, 0.25) is 5.91 Å². The summed E-state index contributed by atoms with van der Waals surface area (Å²) >= 11 is 0. The predicted octanol–water partition coefficient (Wildman–Crippen LogP) is 1.73. The van der Waals surface area contributed by atoms with Gasteiger partial charge in [-0.05, 0) is 30.0 Å². The fourth-order valence-corrected chi connectivity index (χ4v) is 2.53. The Kier molecular flexibility index (Phi) is 4.31. The Hall–Kier alpha value is -2.14. The molecule has 3 rings (SSSR count). The molecule has 2 heterocycles. The zero-order valence-corrected chi connectivity index (χ0v) is 11.9. The van der Waals surface area contributed by atoms with E-state index in [0.717, 1.165) is 24.0 Å². The SMILES string of the molecule is O=C(NCc1ccccc1Cn1cccn1)[C@H]1CCCO1. The van der Waals surface area contributed by atoms with E-state index in [1.807, 2.05) is 35.1 Å². The highest BCUT2D eigenvalue weighted by Crippen LogP contribution is 2.13. The van der Waals surface area contributed by atoms with Crippen LogP contribution in [0.3, 0.4) is 0 Å². The lowest BCUT2D eigenvalue weighted by atomic mass is 10.1. The number of nitrogens with one attached hydrogen (secondary N) is 1. The summed E-state index contributed by atoms with van der Waals surface area (Å²) in [7, 11) is 0. The van der Waals surface area contributed by atoms with Crippen molar-refractivity contribution in [2.24, 2.45) is 0 Å². The van der Waals surface area contributed by atoms with Crippen LogP contribution in [-0.4, -0.2) is 28.4 Å². The molecule has 1 aromatic heterocycles. The smallest absolute Gasteiger partial charge is 0.249 e. The molecule has 5 nitrogen and oxygen atoms in total. The topological polar surface area (TPSA) is 56.2 Å². The molecule has 1 atom stereocenters. The van der Waals surface area contributed by atoms with Gasteiger partial charge in [-0.1, -0.05) is 24.3 Å². The van der Waals surface area contributed by atoms with Crippen LogP contribution in [0.15, 0.2) is 42.7 Å². The molecule has 110 valence electrons. The van der Waals surface area contributed by atoms with Gasteiger partial charge in [0.25, 0.3) is 0 Å². The summed E-state index contributed by atoms with van der Waals surface area (Å²) in [5.41, 5.74) is 2.27. The van der Waals surface area contributed by atoms with Crippen molar-refractivity contribution >= 4 is 5.91 Å². The molecule has 0 spiro atoms. The van der Waals surface area contributed by atoms with Crippen LogP contribution >= 0.6 is 0 Å². The summed E-state index contributed by atoms with van der Waals surface area (Å²) in [6.07, 6.45) is 5.21. The van der Waals surface area contributed by atoms with Gasteiger partial charge in [0, 0.05) is 25.5 Å². The molecule has 1 aromatic carbocycles. The van der Waals surface area contributed by atoms with E-state index in [-0.39, 0.29) is 12.0 Å². The molecule has 5 heteroatoms. The van der Waals surface area contributed by atoms with Gasteiger partial charge in [0.1, 0.15) is 6.10 Å². The molecule has 0 radical (unpaired) electrons. The van der Waals surface area contributed by atoms with E-state index >= 15 is 0 Å². The molecule has 1 fully saturated rings. The molecule has 2 aromatic rings. The van der Waals surface area contributed by atoms with Crippen molar-refractivity contribution in [3.8, 4) is 0 Å². The third-order valence-electron chi connectivity index (χ3n) is 3.69. The second kappa shape index (κ2) is 6.54. The number of carbonyl (C=O) groups is 1. The third-order valence-corrected chi connectivity index (χ3v) is 3.69. The highest BCUT2D eigenvalue weighted by atomic mass is 16.5. The Morgan fingerprint density at radius 1 is 1.33 bits per heavy atom. The van der Waals surface area contributed by atoms with Crippen molar-refractivity contribution in [1.29, 1.82) is 0 Å². The van der Waals surface area contributed by atoms with E-state index in [1.54, 1.807) is 6.20 Å². The number of benzene rings is 1. The molecule has 1 aliphatic rings. The van der Waals surface area contributed by atoms with Gasteiger partial charge in [-0.25, -0.2) is 0 Å². The maximum atomic E-state index is 12.0. The molecule has 1 N–H and O–H groups in total. The zero-order valence-electron chi connectivity index (χ0n) is 11.9. The Morgan fingerprint density at radius 3 is 2.90 bits per heavy atom. The van der Waals surface area contributed by atoms with E-state index in [1.165, 1.54) is 0 Å². The summed E-state index contributed by atoms with van der Waals surface area (Å²) in [5.74, 6) is -0.0126. The minimum atomic E-state index is -0.275. The minimum Gasteiger partial charge on any atom is -0.368 e. The van der Waals surface area contributed by atoms with Crippen LogP contribution in [0, 0.1) is 0 Å². The average Bonchev–Trinajstić information content (AvgIpc) is 3.19. The van der Waals surface area contributed by atoms with E-state index in [0.29, 0.717) is 19.7 Å². The van der Waals surface area contributed by atoms with E-state index < -0.39 is 0 Å². The van der Waals surface area contributed by atoms with E-state index in [9.17, 15) is 4.79 Å². The van der Waals surface area contributed by atoms with Crippen molar-refractivity contribution in [2.75, 3.05) is 6.61 Å². The lowest BCUT2D eigenvalue weighted by Crippen LogP contribution is -2.33. The fourth-order valence-electron chi connectivity index (χ4n) is 2.53. The van der Waals surface area contributed by atoms with Gasteiger partial charge in [0.15, 0.2) is 0 Å². The molecule has 0 bridgehead atoms. The molecular formula is C16H19N3O2. The van der Waals surface area contributed by atoms with Gasteiger partial charge < -0.3 is 10.1 Å². The summed E-state index contributed by atoms with van der Waals surface area (Å²) in [4.78, 5) is 12.0. The number of nitrogens with zero attached hydrogens (tertiary/aromatic N) is 2. The van der Waals surface area contributed by atoms with Gasteiger partial charge in [-0.2, -0.15) is 5.10 Å². The van der Waals surface area contributed by atoms with Crippen LogP contribution < -0.4 is 5.32 Å². The first-order valence-corrected chi connectivity index (χ1v) is 7.26. The highest BCUT2D eigenvalue weighted by molar-refractivity contribution is 5.80. The summed E-state index contributed by atoms with van der Waals surface area (Å²) in [6, 6.07) is 10.00. The van der Waals surface area contributed by atoms with E-state index in [2.05, 4.69) is 16.5 Å². The molecule has 0 unspecified atom stereocenters. The van der Waals surface area contributed by atoms with Crippen LogP contribution in [0.25, 0.3) is 0 Å². The van der Waals surface area contributed by atoms with Crippen molar-refractivity contribution < 1.29 is 9.53 Å². The van der Waals surface area contributed by atoms with Gasteiger partial charge >= 0.3 is 0 Å². The number of rotatable bonds is 5. The van der Waals surface area contributed by atoms with Crippen LogP contribution in [0.4, 0.5) is 0 Å². The first-order chi connectivity index (χ1) is 10.3. The molecule has 1 saturated heterocycles. The summed E-state index contributed by atoms with van der Waals surface area (Å²) in [5, 5.41) is 7.19. The summed E-state index contributed by atoms with van der Waals surface area (Å²) < 4.78 is 7.27. The Labute approximate surface area is 123 Å². The zero-order chi connectivity index (χ0) is 14.5.